The number of hydrogen-bond acceptors (Lipinski definition) is 3. The number of fused-ring (bicyclic) bond motifs is 1. The lowest BCUT2D eigenvalue weighted by molar-refractivity contribution is -0.137. The number of amides is 2. The van der Waals surface area contributed by atoms with E-state index in [1.54, 1.807) is 0 Å². The van der Waals surface area contributed by atoms with Gasteiger partial charge >= 0.3 is 0 Å². The van der Waals surface area contributed by atoms with Crippen LogP contribution >= 0.6 is 0 Å². The number of nitrogens with zero attached hydrogens (tertiary/aromatic N) is 1. The van der Waals surface area contributed by atoms with Crippen LogP contribution < -0.4 is 10.1 Å². The van der Waals surface area contributed by atoms with Crippen LogP contribution in [0.2, 0.25) is 0 Å². The van der Waals surface area contributed by atoms with Crippen molar-refractivity contribution in [3.63, 3.8) is 0 Å². The Bertz CT molecular complexity index is 1050. The molecule has 5 heteroatoms. The van der Waals surface area contributed by atoms with Gasteiger partial charge in [-0.05, 0) is 80.2 Å². The molecule has 0 radical (unpaired) electrons. The number of carbonyl (C=O) groups excluding carboxylic acids is 2. The molecule has 0 bridgehead atoms. The summed E-state index contributed by atoms with van der Waals surface area (Å²) in [5.41, 5.74) is 4.72. The molecule has 1 heterocycles. The molecule has 2 aromatic rings. The molecule has 0 aromatic heterocycles. The second-order valence-electron chi connectivity index (χ2n) is 10.6. The van der Waals surface area contributed by atoms with Crippen LogP contribution in [0.3, 0.4) is 0 Å². The third kappa shape index (κ3) is 5.39. The van der Waals surface area contributed by atoms with E-state index in [0.717, 1.165) is 56.3 Å². The zero-order valence-corrected chi connectivity index (χ0v) is 21.1. The van der Waals surface area contributed by atoms with Crippen molar-refractivity contribution in [2.45, 2.75) is 77.4 Å². The van der Waals surface area contributed by atoms with Crippen molar-refractivity contribution < 1.29 is 14.3 Å². The zero-order valence-electron chi connectivity index (χ0n) is 21.1. The lowest BCUT2D eigenvalue weighted by Gasteiger charge is -2.39. The van der Waals surface area contributed by atoms with Gasteiger partial charge in [0, 0.05) is 19.0 Å². The molecule has 2 saturated carbocycles. The van der Waals surface area contributed by atoms with Crippen LogP contribution in [0, 0.1) is 18.8 Å². The second-order valence-corrected chi connectivity index (χ2v) is 10.6. The maximum atomic E-state index is 13.6. The molecule has 2 amide bonds. The molecule has 2 aliphatic carbocycles. The summed E-state index contributed by atoms with van der Waals surface area (Å²) in [7, 11) is 0. The predicted molar refractivity (Wildman–Crippen MR) is 137 cm³/mol. The fourth-order valence-electron chi connectivity index (χ4n) is 5.59. The summed E-state index contributed by atoms with van der Waals surface area (Å²) in [6.07, 6.45) is 7.66. The minimum absolute atomic E-state index is 0.0368. The van der Waals surface area contributed by atoms with Crippen LogP contribution in [0.5, 0.6) is 5.75 Å². The van der Waals surface area contributed by atoms with Gasteiger partial charge in [0.2, 0.25) is 5.91 Å². The number of nitrogens with one attached hydrogen (secondary N) is 1. The lowest BCUT2D eigenvalue weighted by atomic mass is 9.86. The molecule has 0 unspecified atom stereocenters. The molecule has 2 fully saturated rings. The van der Waals surface area contributed by atoms with Gasteiger partial charge in [0.25, 0.3) is 5.91 Å². The molecule has 2 aromatic carbocycles. The van der Waals surface area contributed by atoms with Crippen molar-refractivity contribution in [2.75, 3.05) is 13.1 Å². The largest absolute Gasteiger partial charge is 0.481 e. The van der Waals surface area contributed by atoms with E-state index < -0.39 is 6.10 Å². The van der Waals surface area contributed by atoms with E-state index in [9.17, 15) is 9.59 Å². The quantitative estimate of drug-likeness (QED) is 0.562. The summed E-state index contributed by atoms with van der Waals surface area (Å²) < 4.78 is 6.23. The number of aryl methyl sites for hydroxylation is 1. The highest BCUT2D eigenvalue weighted by molar-refractivity contribution is 5.81. The molecular weight excluding hydrogens is 436 g/mol. The van der Waals surface area contributed by atoms with E-state index >= 15 is 0 Å². The van der Waals surface area contributed by atoms with Crippen molar-refractivity contribution in [2.24, 2.45) is 11.8 Å². The summed E-state index contributed by atoms with van der Waals surface area (Å²) >= 11 is 0. The number of rotatable bonds is 8. The predicted octanol–water partition coefficient (Wildman–Crippen LogP) is 5.34. The Balaban J connectivity index is 1.43. The fraction of sp³-hybridized carbons (Fsp3) is 0.533. The lowest BCUT2D eigenvalue weighted by Crippen LogP contribution is -2.43. The summed E-state index contributed by atoms with van der Waals surface area (Å²) in [6.45, 7) is 5.56. The third-order valence-corrected chi connectivity index (χ3v) is 7.93. The van der Waals surface area contributed by atoms with E-state index in [1.807, 2.05) is 13.0 Å². The van der Waals surface area contributed by atoms with Crippen LogP contribution in [0.25, 0.3) is 0 Å². The van der Waals surface area contributed by atoms with Gasteiger partial charge in [0.1, 0.15) is 5.75 Å². The van der Waals surface area contributed by atoms with Gasteiger partial charge in [-0.15, -0.1) is 0 Å². The van der Waals surface area contributed by atoms with E-state index in [0.29, 0.717) is 18.1 Å². The average Bonchev–Trinajstić information content (AvgIpc) is 3.55. The second kappa shape index (κ2) is 10.4. The Morgan fingerprint density at radius 3 is 2.49 bits per heavy atom. The normalized spacial score (nSPS) is 20.9. The van der Waals surface area contributed by atoms with Crippen LogP contribution in [0.15, 0.2) is 42.5 Å². The van der Waals surface area contributed by atoms with Gasteiger partial charge in [-0.25, -0.2) is 0 Å². The Morgan fingerprint density at radius 1 is 1.06 bits per heavy atom. The molecule has 186 valence electrons. The highest BCUT2D eigenvalue weighted by atomic mass is 16.5. The van der Waals surface area contributed by atoms with Crippen LogP contribution in [-0.4, -0.2) is 35.9 Å². The Morgan fingerprint density at radius 2 is 1.80 bits per heavy atom. The first-order valence-corrected chi connectivity index (χ1v) is 13.5. The monoisotopic (exact) mass is 474 g/mol. The summed E-state index contributed by atoms with van der Waals surface area (Å²) in [5, 5.41) is 3.05. The van der Waals surface area contributed by atoms with Crippen LogP contribution in [0.4, 0.5) is 0 Å². The maximum absolute atomic E-state index is 13.6. The molecule has 3 aliphatic rings. The molecule has 0 spiro atoms. The Labute approximate surface area is 209 Å². The number of ether oxygens (including phenoxy) is 1. The third-order valence-electron chi connectivity index (χ3n) is 7.93. The maximum Gasteiger partial charge on any atom is 0.261 e. The van der Waals surface area contributed by atoms with Crippen LogP contribution in [-0.2, 0) is 16.0 Å². The zero-order chi connectivity index (χ0) is 24.4. The van der Waals surface area contributed by atoms with Crippen LogP contribution in [0.1, 0.15) is 80.2 Å². The smallest absolute Gasteiger partial charge is 0.261 e. The first-order valence-electron chi connectivity index (χ1n) is 13.5. The first-order chi connectivity index (χ1) is 17.0. The van der Waals surface area contributed by atoms with Gasteiger partial charge < -0.3 is 15.0 Å². The average molecular weight is 475 g/mol. The van der Waals surface area contributed by atoms with Gasteiger partial charge in [0.05, 0.1) is 6.04 Å². The number of carbonyl (C=O) groups is 2. The highest BCUT2D eigenvalue weighted by Crippen LogP contribution is 2.40. The number of benzene rings is 2. The summed E-state index contributed by atoms with van der Waals surface area (Å²) in [4.78, 5) is 28.5. The van der Waals surface area contributed by atoms with E-state index in [1.165, 1.54) is 24.0 Å². The van der Waals surface area contributed by atoms with E-state index in [4.69, 9.17) is 4.74 Å². The van der Waals surface area contributed by atoms with E-state index in [2.05, 4.69) is 53.5 Å². The topological polar surface area (TPSA) is 58.6 Å². The van der Waals surface area contributed by atoms with Gasteiger partial charge in [-0.2, -0.15) is 0 Å². The molecular formula is C30H38N2O3. The molecule has 0 saturated heterocycles. The first kappa shape index (κ1) is 23.9. The minimum Gasteiger partial charge on any atom is -0.481 e. The minimum atomic E-state index is -0.510. The molecule has 1 N–H and O–H groups in total. The fourth-order valence-corrected chi connectivity index (χ4v) is 5.59. The highest BCUT2D eigenvalue weighted by Gasteiger charge is 2.36. The van der Waals surface area contributed by atoms with E-state index in [-0.39, 0.29) is 23.8 Å². The standard InChI is InChI=1S/C30H38N2O3/c1-3-27(29(33)31-19-21-10-11-21)35-25-15-14-22-16-17-32(30(34)24-6-4-5-7-24)28(26(22)18-25)23-12-8-20(2)9-13-23/h8-9,12-15,18,21,24,27-28H,3-7,10-11,16-17,19H2,1-2H3,(H,31,33)/t27-,28-/m1/s1. The molecule has 2 atom stereocenters. The van der Waals surface area contributed by atoms with Crippen molar-refractivity contribution in [1.82, 2.24) is 10.2 Å². The molecule has 5 rings (SSSR count). The van der Waals surface area contributed by atoms with Crippen molar-refractivity contribution in [3.8, 4) is 5.75 Å². The van der Waals surface area contributed by atoms with Crippen molar-refractivity contribution in [3.05, 3.63) is 64.7 Å². The van der Waals surface area contributed by atoms with Gasteiger partial charge in [-0.3, -0.25) is 9.59 Å². The SMILES string of the molecule is CC[C@@H](Oc1ccc2c(c1)[C@@H](c1ccc(C)cc1)N(C(=O)C1CCCC1)CC2)C(=O)NCC1CC1. The number of hydrogen-bond donors (Lipinski definition) is 1. The molecule has 35 heavy (non-hydrogen) atoms. The van der Waals surface area contributed by atoms with Crippen molar-refractivity contribution in [1.29, 1.82) is 0 Å². The van der Waals surface area contributed by atoms with Crippen molar-refractivity contribution >= 4 is 11.8 Å². The Hall–Kier alpha value is -2.82. The molecule has 5 nitrogen and oxygen atoms in total. The summed E-state index contributed by atoms with van der Waals surface area (Å²) in [6, 6.07) is 14.6. The van der Waals surface area contributed by atoms with Gasteiger partial charge in [-0.1, -0.05) is 55.7 Å². The Kier molecular flexibility index (Phi) is 7.12. The van der Waals surface area contributed by atoms with Gasteiger partial charge in [0.15, 0.2) is 6.10 Å². The summed E-state index contributed by atoms with van der Waals surface area (Å²) in [5.74, 6) is 1.73. The molecule has 1 aliphatic heterocycles.